The number of benzene rings is 1. The molecule has 0 amide bonds. The van der Waals surface area contributed by atoms with Gasteiger partial charge in [0.1, 0.15) is 6.07 Å². The van der Waals surface area contributed by atoms with E-state index in [1.807, 2.05) is 41.8 Å². The summed E-state index contributed by atoms with van der Waals surface area (Å²) in [6.45, 7) is 2.04. The van der Waals surface area contributed by atoms with Gasteiger partial charge in [-0.25, -0.2) is 4.98 Å². The molecule has 4 heteroatoms. The Morgan fingerprint density at radius 2 is 2.00 bits per heavy atom. The Morgan fingerprint density at radius 1 is 1.33 bits per heavy atom. The fourth-order valence-electron chi connectivity index (χ4n) is 1.30. The van der Waals surface area contributed by atoms with Crippen molar-refractivity contribution in [1.82, 2.24) is 9.55 Å². The summed E-state index contributed by atoms with van der Waals surface area (Å²) in [6, 6.07) is 10.0. The lowest BCUT2D eigenvalue weighted by atomic mass is 10.2. The van der Waals surface area contributed by atoms with E-state index in [0.29, 0.717) is 10.4 Å². The highest BCUT2D eigenvalue weighted by atomic mass is 79.9. The largest absolute Gasteiger partial charge is 0.293 e. The fourth-order valence-corrected chi connectivity index (χ4v) is 1.80. The van der Waals surface area contributed by atoms with E-state index in [0.717, 1.165) is 5.69 Å². The number of nitrogens with zero attached hydrogens (tertiary/aromatic N) is 3. The predicted molar refractivity (Wildman–Crippen MR) is 60.7 cm³/mol. The zero-order valence-electron chi connectivity index (χ0n) is 8.11. The number of halogens is 1. The summed E-state index contributed by atoms with van der Waals surface area (Å²) in [4.78, 5) is 4.05. The highest BCUT2D eigenvalue weighted by molar-refractivity contribution is 9.10. The normalized spacial score (nSPS) is 9.93. The van der Waals surface area contributed by atoms with Gasteiger partial charge in [-0.1, -0.05) is 17.7 Å². The van der Waals surface area contributed by atoms with Gasteiger partial charge in [-0.2, -0.15) is 5.26 Å². The second kappa shape index (κ2) is 3.87. The molecule has 0 bridgehead atoms. The fraction of sp³-hybridized carbons (Fsp3) is 0.0909. The highest BCUT2D eigenvalue weighted by Crippen LogP contribution is 2.17. The van der Waals surface area contributed by atoms with Crippen LogP contribution in [0.15, 0.2) is 35.2 Å². The Balaban J connectivity index is 2.50. The molecule has 0 aliphatic rings. The second-order valence-corrected chi connectivity index (χ2v) is 3.92. The number of aryl methyl sites for hydroxylation is 1. The van der Waals surface area contributed by atoms with Crippen LogP contribution < -0.4 is 0 Å². The molecule has 2 aromatic rings. The Morgan fingerprint density at radius 3 is 2.53 bits per heavy atom. The van der Waals surface area contributed by atoms with Crippen molar-refractivity contribution >= 4 is 15.9 Å². The minimum atomic E-state index is 0.405. The number of nitriles is 1. The zero-order valence-corrected chi connectivity index (χ0v) is 9.69. The first-order valence-electron chi connectivity index (χ1n) is 4.43. The van der Waals surface area contributed by atoms with Crippen LogP contribution in [0.2, 0.25) is 0 Å². The Bertz CT molecular complexity index is 520. The molecule has 2 rings (SSSR count). The van der Waals surface area contributed by atoms with Gasteiger partial charge in [0, 0.05) is 11.9 Å². The van der Waals surface area contributed by atoms with Gasteiger partial charge >= 0.3 is 0 Å². The van der Waals surface area contributed by atoms with Gasteiger partial charge < -0.3 is 0 Å². The summed E-state index contributed by atoms with van der Waals surface area (Å²) in [5.41, 5.74) is 2.60. The first-order valence-corrected chi connectivity index (χ1v) is 5.22. The van der Waals surface area contributed by atoms with Gasteiger partial charge in [-0.3, -0.25) is 4.57 Å². The van der Waals surface area contributed by atoms with Crippen LogP contribution in [0.25, 0.3) is 5.69 Å². The maximum absolute atomic E-state index is 8.72. The van der Waals surface area contributed by atoms with E-state index in [-0.39, 0.29) is 0 Å². The standard InChI is InChI=1S/C11H8BrN3/c1-8-2-4-10(5-3-8)15-7-9(6-13)14-11(15)12/h2-5,7H,1H3. The van der Waals surface area contributed by atoms with Gasteiger partial charge in [0.25, 0.3) is 0 Å². The minimum Gasteiger partial charge on any atom is -0.293 e. The zero-order chi connectivity index (χ0) is 10.8. The molecule has 0 fully saturated rings. The average molecular weight is 262 g/mol. The van der Waals surface area contributed by atoms with Gasteiger partial charge in [0.15, 0.2) is 10.4 Å². The van der Waals surface area contributed by atoms with E-state index in [1.165, 1.54) is 5.56 Å². The van der Waals surface area contributed by atoms with E-state index in [2.05, 4.69) is 20.9 Å². The van der Waals surface area contributed by atoms with Crippen LogP contribution in [0.5, 0.6) is 0 Å². The molecule has 0 aliphatic carbocycles. The van der Waals surface area contributed by atoms with Crippen molar-refractivity contribution < 1.29 is 0 Å². The third kappa shape index (κ3) is 1.92. The van der Waals surface area contributed by atoms with Crippen LogP contribution in [0.3, 0.4) is 0 Å². The molecule has 3 nitrogen and oxygen atoms in total. The Hall–Kier alpha value is -1.60. The summed E-state index contributed by atoms with van der Waals surface area (Å²) in [5.74, 6) is 0. The molecule has 15 heavy (non-hydrogen) atoms. The van der Waals surface area contributed by atoms with Crippen molar-refractivity contribution in [3.05, 3.63) is 46.5 Å². The Kier molecular flexibility index (Phi) is 2.57. The predicted octanol–water partition coefficient (Wildman–Crippen LogP) is 2.81. The van der Waals surface area contributed by atoms with Crippen LogP contribution in [0, 0.1) is 18.3 Å². The molecule has 0 saturated heterocycles. The average Bonchev–Trinajstić information content (AvgIpc) is 2.61. The smallest absolute Gasteiger partial charge is 0.183 e. The van der Waals surface area contributed by atoms with Gasteiger partial charge in [0.2, 0.25) is 0 Å². The van der Waals surface area contributed by atoms with Crippen molar-refractivity contribution in [2.45, 2.75) is 6.92 Å². The van der Waals surface area contributed by atoms with E-state index in [4.69, 9.17) is 5.26 Å². The molecular formula is C11H8BrN3. The van der Waals surface area contributed by atoms with Gasteiger partial charge in [-0.15, -0.1) is 0 Å². The van der Waals surface area contributed by atoms with Crippen molar-refractivity contribution in [2.24, 2.45) is 0 Å². The molecule has 0 unspecified atom stereocenters. The summed E-state index contributed by atoms with van der Waals surface area (Å²) < 4.78 is 2.47. The van der Waals surface area contributed by atoms with Crippen LogP contribution in [0.4, 0.5) is 0 Å². The van der Waals surface area contributed by atoms with Crippen LogP contribution >= 0.6 is 15.9 Å². The maximum Gasteiger partial charge on any atom is 0.183 e. The molecule has 0 aliphatic heterocycles. The topological polar surface area (TPSA) is 41.6 Å². The summed E-state index contributed by atoms with van der Waals surface area (Å²) >= 11 is 3.31. The SMILES string of the molecule is Cc1ccc(-n2cc(C#N)nc2Br)cc1. The molecule has 0 radical (unpaired) electrons. The van der Waals surface area contributed by atoms with E-state index < -0.39 is 0 Å². The van der Waals surface area contributed by atoms with Crippen molar-refractivity contribution in [3.8, 4) is 11.8 Å². The van der Waals surface area contributed by atoms with E-state index in [1.54, 1.807) is 6.20 Å². The molecule has 1 heterocycles. The molecule has 1 aromatic heterocycles. The number of rotatable bonds is 1. The molecule has 0 atom stereocenters. The molecule has 1 aromatic carbocycles. The van der Waals surface area contributed by atoms with Crippen LogP contribution in [-0.4, -0.2) is 9.55 Å². The molecule has 0 saturated carbocycles. The number of hydrogen-bond donors (Lipinski definition) is 0. The lowest BCUT2D eigenvalue weighted by molar-refractivity contribution is 1.01. The summed E-state index contributed by atoms with van der Waals surface area (Å²) in [7, 11) is 0. The van der Waals surface area contributed by atoms with Gasteiger partial charge in [-0.05, 0) is 35.0 Å². The molecule has 0 spiro atoms. The third-order valence-corrected chi connectivity index (χ3v) is 2.65. The molecule has 74 valence electrons. The highest BCUT2D eigenvalue weighted by Gasteiger charge is 2.05. The van der Waals surface area contributed by atoms with E-state index >= 15 is 0 Å². The van der Waals surface area contributed by atoms with Gasteiger partial charge in [0.05, 0.1) is 0 Å². The third-order valence-electron chi connectivity index (χ3n) is 2.09. The van der Waals surface area contributed by atoms with Crippen molar-refractivity contribution in [3.63, 3.8) is 0 Å². The van der Waals surface area contributed by atoms with Crippen molar-refractivity contribution in [2.75, 3.05) is 0 Å². The van der Waals surface area contributed by atoms with Crippen LogP contribution in [0.1, 0.15) is 11.3 Å². The summed E-state index contributed by atoms with van der Waals surface area (Å²) in [6.07, 6.45) is 1.70. The van der Waals surface area contributed by atoms with Crippen LogP contribution in [-0.2, 0) is 0 Å². The maximum atomic E-state index is 8.72. The minimum absolute atomic E-state index is 0.405. The number of imidazole rings is 1. The first-order chi connectivity index (χ1) is 7.20. The summed E-state index contributed by atoms with van der Waals surface area (Å²) in [5, 5.41) is 8.72. The van der Waals surface area contributed by atoms with Crippen molar-refractivity contribution in [1.29, 1.82) is 5.26 Å². The monoisotopic (exact) mass is 261 g/mol. The Labute approximate surface area is 96.1 Å². The quantitative estimate of drug-likeness (QED) is 0.792. The number of hydrogen-bond acceptors (Lipinski definition) is 2. The van der Waals surface area contributed by atoms with E-state index in [9.17, 15) is 0 Å². The molecule has 0 N–H and O–H groups in total. The lowest BCUT2D eigenvalue weighted by Gasteiger charge is -2.03. The lowest BCUT2D eigenvalue weighted by Crippen LogP contribution is -1.91. The number of aromatic nitrogens is 2. The molecular weight excluding hydrogens is 254 g/mol. The second-order valence-electron chi connectivity index (χ2n) is 3.21. The first kappa shape index (κ1) is 9.94.